The maximum atomic E-state index is 12.9. The van der Waals surface area contributed by atoms with E-state index in [0.717, 1.165) is 34.2 Å². The van der Waals surface area contributed by atoms with E-state index in [1.807, 2.05) is 28.3 Å². The molecule has 0 unspecified atom stereocenters. The van der Waals surface area contributed by atoms with Crippen molar-refractivity contribution in [2.45, 2.75) is 45.1 Å². The summed E-state index contributed by atoms with van der Waals surface area (Å²) < 4.78 is 4.09. The standard InChI is InChI=1S/C23H23N7OS/c1-23(2)9-20(23)30-13-26-28-21(30)19-7-15(11-32-19)27-22(31)17-8-16(5-6-24-17)29-10-18(25-12-29)14-3-4-14/h5-8,10-14,20H,3-4,9H2,1-2H3,(H,27,31)/t20-/m0/s1. The number of pyridine rings is 1. The third-order valence-electron chi connectivity index (χ3n) is 6.32. The van der Waals surface area contributed by atoms with Crippen LogP contribution in [0.2, 0.25) is 0 Å². The van der Waals surface area contributed by atoms with Gasteiger partial charge in [-0.3, -0.25) is 9.78 Å². The van der Waals surface area contributed by atoms with Gasteiger partial charge in [-0.15, -0.1) is 21.5 Å². The van der Waals surface area contributed by atoms with Gasteiger partial charge in [0, 0.05) is 29.7 Å². The Balaban J connectivity index is 1.19. The SMILES string of the molecule is CC1(C)C[C@@H]1n1cnnc1-c1cc(NC(=O)c2cc(-n3cnc(C4CC4)c3)ccn2)cs1. The Labute approximate surface area is 189 Å². The van der Waals surface area contributed by atoms with Crippen LogP contribution in [0.5, 0.6) is 0 Å². The minimum absolute atomic E-state index is 0.247. The molecular formula is C23H23N7OS. The lowest BCUT2D eigenvalue weighted by Gasteiger charge is -2.07. The van der Waals surface area contributed by atoms with Crippen molar-refractivity contribution in [2.75, 3.05) is 5.32 Å². The number of carbonyl (C=O) groups excluding carboxylic acids is 1. The van der Waals surface area contributed by atoms with Gasteiger partial charge in [-0.25, -0.2) is 4.98 Å². The molecule has 4 aromatic heterocycles. The molecule has 162 valence electrons. The number of carbonyl (C=O) groups is 1. The Hall–Kier alpha value is -3.33. The summed E-state index contributed by atoms with van der Waals surface area (Å²) in [6.45, 7) is 4.50. The van der Waals surface area contributed by atoms with Gasteiger partial charge in [-0.05, 0) is 42.9 Å². The Morgan fingerprint density at radius 3 is 2.84 bits per heavy atom. The minimum atomic E-state index is -0.247. The Bertz CT molecular complexity index is 1310. The average molecular weight is 446 g/mol. The number of amides is 1. The van der Waals surface area contributed by atoms with E-state index in [-0.39, 0.29) is 11.3 Å². The van der Waals surface area contributed by atoms with Gasteiger partial charge >= 0.3 is 0 Å². The van der Waals surface area contributed by atoms with Crippen LogP contribution in [0.1, 0.15) is 61.3 Å². The fourth-order valence-corrected chi connectivity index (χ4v) is 4.88. The van der Waals surface area contributed by atoms with E-state index in [2.05, 4.69) is 43.9 Å². The summed E-state index contributed by atoms with van der Waals surface area (Å²) >= 11 is 1.54. The highest BCUT2D eigenvalue weighted by molar-refractivity contribution is 7.14. The summed E-state index contributed by atoms with van der Waals surface area (Å²) in [5.41, 5.74) is 3.35. The molecule has 1 amide bonds. The van der Waals surface area contributed by atoms with Crippen LogP contribution in [0.3, 0.4) is 0 Å². The summed E-state index contributed by atoms with van der Waals surface area (Å²) in [5, 5.41) is 13.3. The number of thiophene rings is 1. The molecule has 4 aromatic rings. The summed E-state index contributed by atoms with van der Waals surface area (Å²) in [6, 6.07) is 6.03. The first kappa shape index (κ1) is 19.4. The van der Waals surface area contributed by atoms with Gasteiger partial charge < -0.3 is 14.5 Å². The van der Waals surface area contributed by atoms with E-state index in [9.17, 15) is 4.79 Å². The molecule has 0 aliphatic heterocycles. The first-order valence-corrected chi connectivity index (χ1v) is 11.7. The molecule has 9 heteroatoms. The molecule has 4 heterocycles. The highest BCUT2D eigenvalue weighted by atomic mass is 32.1. The number of nitrogens with one attached hydrogen (secondary N) is 1. The van der Waals surface area contributed by atoms with Crippen LogP contribution in [-0.4, -0.2) is 35.2 Å². The summed E-state index contributed by atoms with van der Waals surface area (Å²) in [6.07, 6.45) is 10.8. The van der Waals surface area contributed by atoms with Crippen LogP contribution in [-0.2, 0) is 0 Å². The van der Waals surface area contributed by atoms with Gasteiger partial charge in [0.1, 0.15) is 12.0 Å². The molecule has 6 rings (SSSR count). The molecule has 1 atom stereocenters. The summed E-state index contributed by atoms with van der Waals surface area (Å²) in [5.74, 6) is 1.19. The molecule has 0 bridgehead atoms. The number of anilines is 1. The lowest BCUT2D eigenvalue weighted by molar-refractivity contribution is 0.102. The third kappa shape index (κ3) is 3.52. The molecule has 0 spiro atoms. The predicted molar refractivity (Wildman–Crippen MR) is 122 cm³/mol. The highest BCUT2D eigenvalue weighted by Crippen LogP contribution is 2.56. The second-order valence-corrected chi connectivity index (χ2v) is 10.2. The van der Waals surface area contributed by atoms with Crippen molar-refractivity contribution in [2.24, 2.45) is 5.41 Å². The van der Waals surface area contributed by atoms with Gasteiger partial charge in [-0.2, -0.15) is 0 Å². The van der Waals surface area contributed by atoms with Gasteiger partial charge in [0.05, 0.1) is 28.3 Å². The lowest BCUT2D eigenvalue weighted by Crippen LogP contribution is -2.13. The molecule has 2 saturated carbocycles. The zero-order valence-corrected chi connectivity index (χ0v) is 18.7. The molecule has 0 saturated heterocycles. The molecule has 32 heavy (non-hydrogen) atoms. The summed E-state index contributed by atoms with van der Waals surface area (Å²) in [7, 11) is 0. The predicted octanol–water partition coefficient (Wildman–Crippen LogP) is 4.69. The van der Waals surface area contributed by atoms with Crippen molar-refractivity contribution in [3.05, 3.63) is 60.0 Å². The maximum Gasteiger partial charge on any atom is 0.274 e. The van der Waals surface area contributed by atoms with E-state index in [0.29, 0.717) is 17.7 Å². The second-order valence-electron chi connectivity index (χ2n) is 9.30. The van der Waals surface area contributed by atoms with Crippen molar-refractivity contribution in [1.82, 2.24) is 29.3 Å². The fourth-order valence-electron chi connectivity index (χ4n) is 4.05. The second kappa shape index (κ2) is 7.09. The quantitative estimate of drug-likeness (QED) is 0.465. The molecule has 2 aliphatic carbocycles. The molecule has 0 aromatic carbocycles. The van der Waals surface area contributed by atoms with Gasteiger partial charge in [0.25, 0.3) is 5.91 Å². The number of hydrogen-bond donors (Lipinski definition) is 1. The van der Waals surface area contributed by atoms with Crippen LogP contribution in [0.15, 0.2) is 48.6 Å². The van der Waals surface area contributed by atoms with Crippen molar-refractivity contribution >= 4 is 22.9 Å². The summed E-state index contributed by atoms with van der Waals surface area (Å²) in [4.78, 5) is 22.6. The normalized spacial score (nSPS) is 19.1. The smallest absolute Gasteiger partial charge is 0.274 e. The first-order valence-electron chi connectivity index (χ1n) is 10.8. The zero-order valence-electron chi connectivity index (χ0n) is 17.9. The minimum Gasteiger partial charge on any atom is -0.320 e. The van der Waals surface area contributed by atoms with Crippen LogP contribution in [0.25, 0.3) is 16.4 Å². The Morgan fingerprint density at radius 2 is 2.06 bits per heavy atom. The number of rotatable bonds is 6. The number of hydrogen-bond acceptors (Lipinski definition) is 6. The first-order chi connectivity index (χ1) is 15.5. The lowest BCUT2D eigenvalue weighted by atomic mass is 10.2. The van der Waals surface area contributed by atoms with E-state index < -0.39 is 0 Å². The average Bonchev–Trinajstić information content (AvgIpc) is 3.47. The number of imidazole rings is 1. The molecule has 0 radical (unpaired) electrons. The van der Waals surface area contributed by atoms with E-state index in [1.54, 1.807) is 36.3 Å². The zero-order chi connectivity index (χ0) is 21.9. The molecular weight excluding hydrogens is 422 g/mol. The monoisotopic (exact) mass is 445 g/mol. The van der Waals surface area contributed by atoms with Crippen LogP contribution in [0, 0.1) is 5.41 Å². The molecule has 8 nitrogen and oxygen atoms in total. The van der Waals surface area contributed by atoms with E-state index in [1.165, 1.54) is 12.8 Å². The van der Waals surface area contributed by atoms with Gasteiger partial charge in [-0.1, -0.05) is 13.8 Å². The van der Waals surface area contributed by atoms with Gasteiger partial charge in [0.15, 0.2) is 5.82 Å². The van der Waals surface area contributed by atoms with E-state index in [4.69, 9.17) is 0 Å². The van der Waals surface area contributed by atoms with Crippen LogP contribution < -0.4 is 5.32 Å². The van der Waals surface area contributed by atoms with Crippen molar-refractivity contribution in [3.63, 3.8) is 0 Å². The Morgan fingerprint density at radius 1 is 1.22 bits per heavy atom. The maximum absolute atomic E-state index is 12.9. The van der Waals surface area contributed by atoms with Crippen molar-refractivity contribution in [1.29, 1.82) is 0 Å². The molecule has 2 aliphatic rings. The van der Waals surface area contributed by atoms with Crippen molar-refractivity contribution < 1.29 is 4.79 Å². The fraction of sp³-hybridized carbons (Fsp3) is 0.348. The molecule has 1 N–H and O–H groups in total. The number of aromatic nitrogens is 6. The number of nitrogens with zero attached hydrogens (tertiary/aromatic N) is 6. The molecule has 2 fully saturated rings. The Kier molecular flexibility index (Phi) is 4.29. The van der Waals surface area contributed by atoms with Crippen LogP contribution in [0.4, 0.5) is 5.69 Å². The van der Waals surface area contributed by atoms with E-state index >= 15 is 0 Å². The van der Waals surface area contributed by atoms with Crippen molar-refractivity contribution in [3.8, 4) is 16.4 Å². The highest BCUT2D eigenvalue weighted by Gasteiger charge is 2.48. The topological polar surface area (TPSA) is 90.5 Å². The van der Waals surface area contributed by atoms with Gasteiger partial charge in [0.2, 0.25) is 0 Å². The largest absolute Gasteiger partial charge is 0.320 e. The van der Waals surface area contributed by atoms with Crippen LogP contribution >= 0.6 is 11.3 Å². The third-order valence-corrected chi connectivity index (χ3v) is 7.25.